The Labute approximate surface area is 125 Å². The van der Waals surface area contributed by atoms with Gasteiger partial charge in [-0.15, -0.1) is 0 Å². The van der Waals surface area contributed by atoms with Crippen LogP contribution in [-0.2, 0) is 0 Å². The van der Waals surface area contributed by atoms with Crippen LogP contribution in [0.4, 0.5) is 5.69 Å². The lowest BCUT2D eigenvalue weighted by molar-refractivity contribution is 0.529. The minimum atomic E-state index is 0.756. The van der Waals surface area contributed by atoms with Gasteiger partial charge in [-0.1, -0.05) is 32.4 Å². The van der Waals surface area contributed by atoms with Crippen molar-refractivity contribution in [3.8, 4) is 0 Å². The van der Waals surface area contributed by atoms with E-state index >= 15 is 0 Å². The van der Waals surface area contributed by atoms with Gasteiger partial charge in [0.25, 0.3) is 0 Å². The number of aryl methyl sites for hydroxylation is 1. The van der Waals surface area contributed by atoms with Gasteiger partial charge < -0.3 is 10.2 Å². The summed E-state index contributed by atoms with van der Waals surface area (Å²) in [6.45, 7) is 13.5. The maximum Gasteiger partial charge on any atom is 0.0368 e. The van der Waals surface area contributed by atoms with Gasteiger partial charge in [0.1, 0.15) is 0 Å². The van der Waals surface area contributed by atoms with Crippen LogP contribution in [0.3, 0.4) is 0 Å². The quantitative estimate of drug-likeness (QED) is 0.643. The van der Waals surface area contributed by atoms with Gasteiger partial charge in [0.05, 0.1) is 0 Å². The van der Waals surface area contributed by atoms with Crippen molar-refractivity contribution in [2.45, 2.75) is 47.0 Å². The van der Waals surface area contributed by atoms with Gasteiger partial charge >= 0.3 is 0 Å². The van der Waals surface area contributed by atoms with E-state index in [0.717, 1.165) is 25.6 Å². The van der Waals surface area contributed by atoms with Gasteiger partial charge in [-0.05, 0) is 63.4 Å². The highest BCUT2D eigenvalue weighted by atomic mass is 15.1. The zero-order chi connectivity index (χ0) is 14.8. The molecule has 0 unspecified atom stereocenters. The summed E-state index contributed by atoms with van der Waals surface area (Å²) in [5, 5.41) is 3.51. The number of rotatable bonds is 10. The Morgan fingerprint density at radius 1 is 1.15 bits per heavy atom. The summed E-state index contributed by atoms with van der Waals surface area (Å²) in [6.07, 6.45) is 3.89. The molecular formula is C18H32N2. The lowest BCUT2D eigenvalue weighted by Gasteiger charge is -2.23. The van der Waals surface area contributed by atoms with Crippen molar-refractivity contribution >= 4 is 5.69 Å². The maximum atomic E-state index is 3.51. The summed E-state index contributed by atoms with van der Waals surface area (Å²) >= 11 is 0. The van der Waals surface area contributed by atoms with Crippen LogP contribution in [0.1, 0.15) is 45.6 Å². The number of unbranched alkanes of at least 4 members (excludes halogenated alkanes) is 2. The van der Waals surface area contributed by atoms with E-state index in [4.69, 9.17) is 0 Å². The number of benzene rings is 1. The SMILES string of the molecule is CCN(CCCCCNCC(C)C)c1cccc(C)c1. The van der Waals surface area contributed by atoms with E-state index in [2.05, 4.69) is 62.2 Å². The van der Waals surface area contributed by atoms with Crippen LogP contribution in [0.15, 0.2) is 24.3 Å². The summed E-state index contributed by atoms with van der Waals surface area (Å²) in [6, 6.07) is 8.83. The van der Waals surface area contributed by atoms with E-state index in [1.807, 2.05) is 0 Å². The summed E-state index contributed by atoms with van der Waals surface area (Å²) in [5.41, 5.74) is 2.71. The average Bonchev–Trinajstić information content (AvgIpc) is 2.41. The zero-order valence-corrected chi connectivity index (χ0v) is 13.8. The first-order valence-corrected chi connectivity index (χ1v) is 8.15. The summed E-state index contributed by atoms with van der Waals surface area (Å²) in [4.78, 5) is 2.48. The fourth-order valence-corrected chi connectivity index (χ4v) is 2.41. The lowest BCUT2D eigenvalue weighted by Crippen LogP contribution is -2.24. The van der Waals surface area contributed by atoms with E-state index in [-0.39, 0.29) is 0 Å². The molecule has 0 amide bonds. The molecule has 114 valence electrons. The van der Waals surface area contributed by atoms with Crippen LogP contribution >= 0.6 is 0 Å². The van der Waals surface area contributed by atoms with Gasteiger partial charge in [-0.2, -0.15) is 0 Å². The number of hydrogen-bond donors (Lipinski definition) is 1. The first kappa shape index (κ1) is 17.0. The van der Waals surface area contributed by atoms with E-state index < -0.39 is 0 Å². The van der Waals surface area contributed by atoms with Gasteiger partial charge in [-0.3, -0.25) is 0 Å². The molecule has 1 aromatic rings. The first-order chi connectivity index (χ1) is 9.63. The van der Waals surface area contributed by atoms with Crippen molar-refractivity contribution in [1.82, 2.24) is 5.32 Å². The van der Waals surface area contributed by atoms with Crippen molar-refractivity contribution < 1.29 is 0 Å². The third-order valence-corrected chi connectivity index (χ3v) is 3.58. The molecule has 0 saturated carbocycles. The fraction of sp³-hybridized carbons (Fsp3) is 0.667. The van der Waals surface area contributed by atoms with Crippen LogP contribution in [0.5, 0.6) is 0 Å². The van der Waals surface area contributed by atoms with Crippen molar-refractivity contribution in [2.24, 2.45) is 5.92 Å². The Morgan fingerprint density at radius 3 is 2.60 bits per heavy atom. The molecule has 0 aromatic heterocycles. The van der Waals surface area contributed by atoms with Gasteiger partial charge in [-0.25, -0.2) is 0 Å². The van der Waals surface area contributed by atoms with E-state index in [1.165, 1.54) is 37.1 Å². The van der Waals surface area contributed by atoms with Crippen LogP contribution in [0.25, 0.3) is 0 Å². The molecule has 0 aliphatic rings. The van der Waals surface area contributed by atoms with Gasteiger partial charge in [0, 0.05) is 18.8 Å². The Bertz CT molecular complexity index is 360. The predicted molar refractivity (Wildman–Crippen MR) is 90.6 cm³/mol. The Hall–Kier alpha value is -1.02. The number of anilines is 1. The van der Waals surface area contributed by atoms with E-state index in [0.29, 0.717) is 0 Å². The Morgan fingerprint density at radius 2 is 1.95 bits per heavy atom. The average molecular weight is 276 g/mol. The monoisotopic (exact) mass is 276 g/mol. The minimum absolute atomic E-state index is 0.756. The normalized spacial score (nSPS) is 11.1. The van der Waals surface area contributed by atoms with Crippen LogP contribution in [-0.4, -0.2) is 26.2 Å². The second kappa shape index (κ2) is 9.82. The van der Waals surface area contributed by atoms with Crippen molar-refractivity contribution in [1.29, 1.82) is 0 Å². The van der Waals surface area contributed by atoms with E-state index in [9.17, 15) is 0 Å². The standard InChI is InChI=1S/C18H32N2/c1-5-20(18-11-9-10-17(4)14-18)13-8-6-7-12-19-15-16(2)3/h9-11,14,16,19H,5-8,12-13,15H2,1-4H3. The first-order valence-electron chi connectivity index (χ1n) is 8.15. The summed E-state index contributed by atoms with van der Waals surface area (Å²) in [7, 11) is 0. The molecule has 1 N–H and O–H groups in total. The van der Waals surface area contributed by atoms with Crippen LogP contribution in [0, 0.1) is 12.8 Å². The summed E-state index contributed by atoms with van der Waals surface area (Å²) in [5.74, 6) is 0.756. The second-order valence-corrected chi connectivity index (χ2v) is 6.08. The molecule has 0 aliphatic heterocycles. The predicted octanol–water partition coefficient (Wildman–Crippen LogP) is 4.24. The van der Waals surface area contributed by atoms with E-state index in [1.54, 1.807) is 0 Å². The highest BCUT2D eigenvalue weighted by Crippen LogP contribution is 2.16. The molecule has 0 heterocycles. The molecule has 2 heteroatoms. The minimum Gasteiger partial charge on any atom is -0.372 e. The molecule has 0 atom stereocenters. The molecular weight excluding hydrogens is 244 g/mol. The van der Waals surface area contributed by atoms with Crippen LogP contribution in [0.2, 0.25) is 0 Å². The molecule has 0 aliphatic carbocycles. The Kier molecular flexibility index (Phi) is 8.36. The molecule has 0 fully saturated rings. The molecule has 20 heavy (non-hydrogen) atoms. The largest absolute Gasteiger partial charge is 0.372 e. The molecule has 2 nitrogen and oxygen atoms in total. The number of hydrogen-bond acceptors (Lipinski definition) is 2. The molecule has 0 spiro atoms. The third kappa shape index (κ3) is 6.95. The highest BCUT2D eigenvalue weighted by Gasteiger charge is 2.03. The molecule has 0 saturated heterocycles. The van der Waals surface area contributed by atoms with Crippen LogP contribution < -0.4 is 10.2 Å². The van der Waals surface area contributed by atoms with Gasteiger partial charge in [0.2, 0.25) is 0 Å². The zero-order valence-electron chi connectivity index (χ0n) is 13.8. The third-order valence-electron chi connectivity index (χ3n) is 3.58. The maximum absolute atomic E-state index is 3.51. The molecule has 1 aromatic carbocycles. The highest BCUT2D eigenvalue weighted by molar-refractivity contribution is 5.48. The number of nitrogens with zero attached hydrogens (tertiary/aromatic N) is 1. The molecule has 0 radical (unpaired) electrons. The van der Waals surface area contributed by atoms with Crippen molar-refractivity contribution in [2.75, 3.05) is 31.1 Å². The van der Waals surface area contributed by atoms with Crippen molar-refractivity contribution in [3.63, 3.8) is 0 Å². The smallest absolute Gasteiger partial charge is 0.0368 e. The molecule has 1 rings (SSSR count). The topological polar surface area (TPSA) is 15.3 Å². The van der Waals surface area contributed by atoms with Crippen molar-refractivity contribution in [3.05, 3.63) is 29.8 Å². The molecule has 0 bridgehead atoms. The lowest BCUT2D eigenvalue weighted by atomic mass is 10.1. The number of nitrogens with one attached hydrogen (secondary N) is 1. The fourth-order valence-electron chi connectivity index (χ4n) is 2.41. The second-order valence-electron chi connectivity index (χ2n) is 6.08. The van der Waals surface area contributed by atoms with Gasteiger partial charge in [0.15, 0.2) is 0 Å². The Balaban J connectivity index is 2.19. The summed E-state index contributed by atoms with van der Waals surface area (Å²) < 4.78 is 0.